The molecule has 4 rings (SSSR count). The van der Waals surface area contributed by atoms with Crippen LogP contribution in [0.1, 0.15) is 25.3 Å². The summed E-state index contributed by atoms with van der Waals surface area (Å²) in [4.78, 5) is 15.6. The maximum atomic E-state index is 8.78. The van der Waals surface area contributed by atoms with Crippen molar-refractivity contribution >= 4 is 28.6 Å². The van der Waals surface area contributed by atoms with E-state index in [2.05, 4.69) is 26.9 Å². The number of rotatable bonds is 2. The van der Waals surface area contributed by atoms with Crippen LogP contribution in [0.4, 0.5) is 5.95 Å². The third kappa shape index (κ3) is 4.30. The molecule has 0 aromatic carbocycles. The van der Waals surface area contributed by atoms with Crippen LogP contribution in [0.5, 0.6) is 0 Å². The van der Waals surface area contributed by atoms with Crippen LogP contribution in [-0.4, -0.2) is 44.4 Å². The first-order chi connectivity index (χ1) is 12.6. The average Bonchev–Trinajstić information content (AvgIpc) is 3.07. The number of anilines is 1. The van der Waals surface area contributed by atoms with Crippen molar-refractivity contribution in [3.05, 3.63) is 35.2 Å². The summed E-state index contributed by atoms with van der Waals surface area (Å²) in [6.45, 7) is 3.47. The van der Waals surface area contributed by atoms with Crippen LogP contribution in [0.25, 0.3) is 22.3 Å². The van der Waals surface area contributed by atoms with Crippen LogP contribution in [0, 0.1) is 0 Å². The van der Waals surface area contributed by atoms with Gasteiger partial charge in [-0.05, 0) is 30.9 Å². The molecule has 1 saturated heterocycles. The van der Waals surface area contributed by atoms with Crippen LogP contribution < -0.4 is 5.73 Å². The minimum absolute atomic E-state index is 0.186. The van der Waals surface area contributed by atoms with Gasteiger partial charge in [0.05, 0.1) is 29.6 Å². The number of pyridine rings is 1. The van der Waals surface area contributed by atoms with Gasteiger partial charge in [-0.1, -0.05) is 18.5 Å². The summed E-state index contributed by atoms with van der Waals surface area (Å²) in [5.74, 6) is 0.198. The highest BCUT2D eigenvalue weighted by Gasteiger charge is 2.11. The van der Waals surface area contributed by atoms with Gasteiger partial charge in [0.1, 0.15) is 5.65 Å². The second-order valence-electron chi connectivity index (χ2n) is 6.08. The lowest BCUT2D eigenvalue weighted by Crippen LogP contribution is -2.21. The van der Waals surface area contributed by atoms with Crippen molar-refractivity contribution in [2.75, 3.05) is 18.9 Å². The number of hydrogen-bond donors (Lipinski definition) is 3. The normalized spacial score (nSPS) is 17.0. The largest absolute Gasteiger partial charge is 0.391 e. The van der Waals surface area contributed by atoms with Crippen LogP contribution in [0.15, 0.2) is 24.7 Å². The molecular weight excluding hydrogens is 354 g/mol. The average molecular weight is 376 g/mol. The number of nitrogens with one attached hydrogen (secondary N) is 1. The summed E-state index contributed by atoms with van der Waals surface area (Å²) in [5, 5.41) is 10.3. The van der Waals surface area contributed by atoms with Crippen molar-refractivity contribution < 1.29 is 9.84 Å². The number of halogens is 1. The van der Waals surface area contributed by atoms with Gasteiger partial charge in [-0.25, -0.2) is 15.0 Å². The molecule has 4 heterocycles. The van der Waals surface area contributed by atoms with Crippen molar-refractivity contribution in [2.45, 2.75) is 32.3 Å². The Morgan fingerprint density at radius 3 is 2.88 bits per heavy atom. The van der Waals surface area contributed by atoms with E-state index in [0.29, 0.717) is 17.3 Å². The summed E-state index contributed by atoms with van der Waals surface area (Å²) >= 11 is 6.11. The number of nitrogen functional groups attached to an aromatic ring is 1. The maximum Gasteiger partial charge on any atom is 0.220 e. The highest BCUT2D eigenvalue weighted by Crippen LogP contribution is 2.28. The van der Waals surface area contributed by atoms with Gasteiger partial charge in [-0.3, -0.25) is 0 Å². The van der Waals surface area contributed by atoms with Gasteiger partial charge in [0.2, 0.25) is 5.95 Å². The first-order valence-corrected chi connectivity index (χ1v) is 8.96. The molecule has 3 aromatic rings. The van der Waals surface area contributed by atoms with Crippen molar-refractivity contribution in [1.82, 2.24) is 19.9 Å². The lowest BCUT2D eigenvalue weighted by molar-refractivity contribution is -0.00535. The molecule has 0 aliphatic carbocycles. The van der Waals surface area contributed by atoms with E-state index in [1.165, 1.54) is 11.8 Å². The number of H-pyrrole nitrogens is 1. The second kappa shape index (κ2) is 8.44. The van der Waals surface area contributed by atoms with Crippen LogP contribution in [0.2, 0.25) is 5.02 Å². The van der Waals surface area contributed by atoms with Gasteiger partial charge in [0, 0.05) is 30.0 Å². The zero-order valence-corrected chi connectivity index (χ0v) is 15.3. The molecule has 4 N–H and O–H groups in total. The molecule has 138 valence electrons. The molecule has 0 amide bonds. The molecule has 1 atom stereocenters. The molecule has 0 bridgehead atoms. The lowest BCUT2D eigenvalue weighted by atomic mass is 10.1. The highest BCUT2D eigenvalue weighted by atomic mass is 35.5. The summed E-state index contributed by atoms with van der Waals surface area (Å²) in [6.07, 6.45) is 7.88. The van der Waals surface area contributed by atoms with E-state index < -0.39 is 0 Å². The molecule has 1 aliphatic heterocycles. The fraction of sp³-hybridized carbons (Fsp3) is 0.389. The molecule has 0 radical (unpaired) electrons. The monoisotopic (exact) mass is 375 g/mol. The molecule has 0 spiro atoms. The van der Waals surface area contributed by atoms with E-state index in [1.807, 2.05) is 12.3 Å². The van der Waals surface area contributed by atoms with Crippen molar-refractivity contribution in [3.8, 4) is 11.3 Å². The number of nitrogens with two attached hydrogens (primary N) is 1. The Balaban J connectivity index is 0.000000236. The fourth-order valence-electron chi connectivity index (χ4n) is 2.79. The van der Waals surface area contributed by atoms with Gasteiger partial charge < -0.3 is 20.6 Å². The zero-order valence-electron chi connectivity index (χ0n) is 14.6. The smallest absolute Gasteiger partial charge is 0.220 e. The molecule has 1 fully saturated rings. The molecule has 8 heteroatoms. The first kappa shape index (κ1) is 18.6. The second-order valence-corrected chi connectivity index (χ2v) is 6.49. The number of fused-ring (bicyclic) bond motifs is 1. The Bertz CT molecular complexity index is 877. The summed E-state index contributed by atoms with van der Waals surface area (Å²) in [6, 6.07) is 2.02. The molecule has 26 heavy (non-hydrogen) atoms. The Morgan fingerprint density at radius 2 is 2.23 bits per heavy atom. The number of hydrogen-bond acceptors (Lipinski definition) is 6. The summed E-state index contributed by atoms with van der Waals surface area (Å²) < 4.78 is 4.93. The predicted octanol–water partition coefficient (Wildman–Crippen LogP) is 2.98. The van der Waals surface area contributed by atoms with Crippen LogP contribution in [-0.2, 0) is 11.2 Å². The standard InChI is InChI=1S/C13H12ClN5.C5H10O2/c1-2-7-4-16-12-9(7)3-8(5-17-12)11-10(14)6-18-13(15)19-11;6-5-2-1-3-7-4-5/h3-6H,2H2,1H3,(H,16,17)(H2,15,18,19);5-6H,1-4H2. The van der Waals surface area contributed by atoms with Gasteiger partial charge in [0.25, 0.3) is 0 Å². The van der Waals surface area contributed by atoms with E-state index in [4.69, 9.17) is 27.2 Å². The van der Waals surface area contributed by atoms with Crippen LogP contribution >= 0.6 is 11.6 Å². The number of aromatic nitrogens is 4. The van der Waals surface area contributed by atoms with E-state index in [9.17, 15) is 0 Å². The van der Waals surface area contributed by atoms with Crippen molar-refractivity contribution in [3.63, 3.8) is 0 Å². The number of nitrogens with zero attached hydrogens (tertiary/aromatic N) is 3. The van der Waals surface area contributed by atoms with Crippen molar-refractivity contribution in [1.29, 1.82) is 0 Å². The topological polar surface area (TPSA) is 110 Å². The van der Waals surface area contributed by atoms with Crippen LogP contribution in [0.3, 0.4) is 0 Å². The van der Waals surface area contributed by atoms with Gasteiger partial charge in [0.15, 0.2) is 0 Å². The lowest BCUT2D eigenvalue weighted by Gasteiger charge is -2.15. The van der Waals surface area contributed by atoms with E-state index in [0.717, 1.165) is 42.5 Å². The Labute approximate surface area is 156 Å². The summed E-state index contributed by atoms with van der Waals surface area (Å²) in [5.41, 5.74) is 9.11. The molecule has 1 unspecified atom stereocenters. The number of ether oxygens (including phenoxy) is 1. The van der Waals surface area contributed by atoms with E-state index in [-0.39, 0.29) is 12.1 Å². The zero-order chi connectivity index (χ0) is 18.5. The molecule has 3 aromatic heterocycles. The van der Waals surface area contributed by atoms with E-state index >= 15 is 0 Å². The van der Waals surface area contributed by atoms with Crippen molar-refractivity contribution in [2.24, 2.45) is 0 Å². The predicted molar refractivity (Wildman–Crippen MR) is 102 cm³/mol. The summed E-state index contributed by atoms with van der Waals surface area (Å²) in [7, 11) is 0. The fourth-order valence-corrected chi connectivity index (χ4v) is 2.99. The van der Waals surface area contributed by atoms with Gasteiger partial charge in [-0.2, -0.15) is 0 Å². The number of aliphatic hydroxyl groups excluding tert-OH is 1. The molecular formula is C18H22ClN5O2. The highest BCUT2D eigenvalue weighted by molar-refractivity contribution is 6.32. The molecule has 7 nitrogen and oxygen atoms in total. The third-order valence-corrected chi connectivity index (χ3v) is 4.45. The molecule has 1 aliphatic rings. The SMILES string of the molecule is CCc1c[nH]c2ncc(-c3nc(N)ncc3Cl)cc12.OC1CCCOC1. The minimum Gasteiger partial charge on any atom is -0.391 e. The Kier molecular flexibility index (Phi) is 6.03. The number of aryl methyl sites for hydroxylation is 1. The van der Waals surface area contributed by atoms with Gasteiger partial charge in [-0.15, -0.1) is 0 Å². The molecule has 0 saturated carbocycles. The number of aromatic amines is 1. The third-order valence-electron chi connectivity index (χ3n) is 4.17. The Hall–Kier alpha value is -2.22. The van der Waals surface area contributed by atoms with E-state index in [1.54, 1.807) is 6.20 Å². The quantitative estimate of drug-likeness (QED) is 0.635. The number of aliphatic hydroxyl groups is 1. The van der Waals surface area contributed by atoms with Gasteiger partial charge >= 0.3 is 0 Å². The maximum absolute atomic E-state index is 8.78. The minimum atomic E-state index is -0.186. The Morgan fingerprint density at radius 1 is 1.38 bits per heavy atom. The first-order valence-electron chi connectivity index (χ1n) is 8.58.